The van der Waals surface area contributed by atoms with E-state index in [-0.39, 0.29) is 0 Å². The van der Waals surface area contributed by atoms with Crippen LogP contribution in [0.2, 0.25) is 0 Å². The van der Waals surface area contributed by atoms with E-state index in [1.807, 2.05) is 0 Å². The second-order valence-electron chi connectivity index (χ2n) is 6.11. The van der Waals surface area contributed by atoms with Gasteiger partial charge in [0.1, 0.15) is 0 Å². The minimum atomic E-state index is 0.557. The molecule has 110 valence electrons. The molecule has 1 heterocycles. The number of rotatable bonds is 4. The monoisotopic (exact) mass is 266 g/mol. The van der Waals surface area contributed by atoms with E-state index in [0.717, 1.165) is 13.1 Å². The minimum Gasteiger partial charge on any atom is -0.370 e. The Labute approximate surface area is 117 Å². The maximum absolute atomic E-state index is 6.03. The van der Waals surface area contributed by atoms with Gasteiger partial charge in [0.2, 0.25) is 0 Å². The van der Waals surface area contributed by atoms with Crippen LogP contribution in [0.25, 0.3) is 0 Å². The molecule has 4 nitrogen and oxygen atoms in total. The maximum atomic E-state index is 6.03. The highest BCUT2D eigenvalue weighted by molar-refractivity contribution is 5.78. The van der Waals surface area contributed by atoms with Gasteiger partial charge in [0, 0.05) is 19.1 Å². The lowest BCUT2D eigenvalue weighted by molar-refractivity contribution is 0.343. The molecule has 1 aliphatic heterocycles. The van der Waals surface area contributed by atoms with E-state index < -0.39 is 0 Å². The van der Waals surface area contributed by atoms with Crippen molar-refractivity contribution in [2.75, 3.05) is 26.2 Å². The molecular weight excluding hydrogens is 236 g/mol. The van der Waals surface area contributed by atoms with E-state index in [0.29, 0.717) is 17.9 Å². The van der Waals surface area contributed by atoms with Crippen molar-refractivity contribution in [3.05, 3.63) is 0 Å². The van der Waals surface area contributed by atoms with E-state index >= 15 is 0 Å². The topological polar surface area (TPSA) is 53.6 Å². The van der Waals surface area contributed by atoms with E-state index in [1.165, 1.54) is 58.0 Å². The largest absolute Gasteiger partial charge is 0.370 e. The Kier molecular flexibility index (Phi) is 5.95. The van der Waals surface area contributed by atoms with Gasteiger partial charge in [-0.2, -0.15) is 0 Å². The van der Waals surface area contributed by atoms with Crippen LogP contribution >= 0.6 is 0 Å². The number of hydrogen-bond donors (Lipinski definition) is 2. The highest BCUT2D eigenvalue weighted by Gasteiger charge is 2.20. The molecule has 1 unspecified atom stereocenters. The summed E-state index contributed by atoms with van der Waals surface area (Å²) >= 11 is 0. The van der Waals surface area contributed by atoms with Crippen LogP contribution in [-0.4, -0.2) is 43.1 Å². The van der Waals surface area contributed by atoms with Gasteiger partial charge in [-0.1, -0.05) is 32.6 Å². The van der Waals surface area contributed by atoms with Crippen molar-refractivity contribution in [1.82, 2.24) is 10.2 Å². The molecule has 0 radical (unpaired) electrons. The molecule has 0 spiro atoms. The van der Waals surface area contributed by atoms with Crippen LogP contribution in [0.4, 0.5) is 0 Å². The molecule has 0 bridgehead atoms. The minimum absolute atomic E-state index is 0.557. The second kappa shape index (κ2) is 7.73. The van der Waals surface area contributed by atoms with Crippen molar-refractivity contribution < 1.29 is 0 Å². The summed E-state index contributed by atoms with van der Waals surface area (Å²) in [5, 5.41) is 3.42. The fourth-order valence-corrected chi connectivity index (χ4v) is 3.26. The Hall–Kier alpha value is -0.770. The number of nitrogens with one attached hydrogen (secondary N) is 1. The maximum Gasteiger partial charge on any atom is 0.188 e. The van der Waals surface area contributed by atoms with Crippen LogP contribution in [0, 0.1) is 5.92 Å². The summed E-state index contributed by atoms with van der Waals surface area (Å²) in [6.45, 7) is 6.70. The molecule has 0 aromatic heterocycles. The Morgan fingerprint density at radius 1 is 1.21 bits per heavy atom. The SMILES string of the molecule is CCN1CCC(CN=C(N)NC2CCCCCC2)C1. The van der Waals surface area contributed by atoms with Gasteiger partial charge < -0.3 is 16.0 Å². The van der Waals surface area contributed by atoms with Crippen molar-refractivity contribution in [3.8, 4) is 0 Å². The van der Waals surface area contributed by atoms with Crippen molar-refractivity contribution >= 4 is 5.96 Å². The summed E-state index contributed by atoms with van der Waals surface area (Å²) < 4.78 is 0. The molecule has 1 saturated heterocycles. The molecule has 0 aromatic carbocycles. The first-order valence-corrected chi connectivity index (χ1v) is 8.06. The summed E-state index contributed by atoms with van der Waals surface area (Å²) in [6, 6.07) is 0.557. The molecule has 0 amide bonds. The van der Waals surface area contributed by atoms with Gasteiger partial charge in [-0.15, -0.1) is 0 Å². The van der Waals surface area contributed by atoms with Gasteiger partial charge in [0.05, 0.1) is 0 Å². The average Bonchev–Trinajstić information content (AvgIpc) is 2.73. The highest BCUT2D eigenvalue weighted by atomic mass is 15.2. The third kappa shape index (κ3) is 5.01. The van der Waals surface area contributed by atoms with E-state index in [9.17, 15) is 0 Å². The lowest BCUT2D eigenvalue weighted by Gasteiger charge is -2.17. The number of likely N-dealkylation sites (tertiary alicyclic amines) is 1. The summed E-state index contributed by atoms with van der Waals surface area (Å²) in [5.41, 5.74) is 6.03. The van der Waals surface area contributed by atoms with Crippen LogP contribution in [-0.2, 0) is 0 Å². The molecule has 0 aromatic rings. The molecule has 1 atom stereocenters. The highest BCUT2D eigenvalue weighted by Crippen LogP contribution is 2.17. The predicted molar refractivity (Wildman–Crippen MR) is 81.3 cm³/mol. The Bertz CT molecular complexity index is 282. The summed E-state index contributed by atoms with van der Waals surface area (Å²) in [4.78, 5) is 7.05. The normalized spacial score (nSPS) is 27.4. The number of aliphatic imine (C=N–C) groups is 1. The Morgan fingerprint density at radius 3 is 2.58 bits per heavy atom. The van der Waals surface area contributed by atoms with E-state index in [4.69, 9.17) is 5.73 Å². The molecule has 3 N–H and O–H groups in total. The zero-order valence-electron chi connectivity index (χ0n) is 12.4. The van der Waals surface area contributed by atoms with Crippen LogP contribution < -0.4 is 11.1 Å². The van der Waals surface area contributed by atoms with Crippen molar-refractivity contribution in [1.29, 1.82) is 0 Å². The van der Waals surface area contributed by atoms with Gasteiger partial charge in [-0.05, 0) is 38.3 Å². The standard InChI is InChI=1S/C15H30N4/c1-2-19-10-9-13(12-19)11-17-15(16)18-14-7-5-3-4-6-8-14/h13-14H,2-12H2,1H3,(H3,16,17,18). The first-order chi connectivity index (χ1) is 9.28. The summed E-state index contributed by atoms with van der Waals surface area (Å²) in [6.07, 6.45) is 9.20. The van der Waals surface area contributed by atoms with Gasteiger partial charge in [0.15, 0.2) is 5.96 Å². The molecule has 1 aliphatic carbocycles. The second-order valence-corrected chi connectivity index (χ2v) is 6.11. The van der Waals surface area contributed by atoms with Crippen LogP contribution in [0.1, 0.15) is 51.9 Å². The first kappa shape index (κ1) is 14.6. The summed E-state index contributed by atoms with van der Waals surface area (Å²) in [7, 11) is 0. The first-order valence-electron chi connectivity index (χ1n) is 8.06. The quantitative estimate of drug-likeness (QED) is 0.464. The fourth-order valence-electron chi connectivity index (χ4n) is 3.26. The fraction of sp³-hybridized carbons (Fsp3) is 0.933. The average molecular weight is 266 g/mol. The lowest BCUT2D eigenvalue weighted by atomic mass is 10.1. The molecule has 1 saturated carbocycles. The van der Waals surface area contributed by atoms with Crippen LogP contribution in [0.15, 0.2) is 4.99 Å². The van der Waals surface area contributed by atoms with Gasteiger partial charge in [-0.3, -0.25) is 4.99 Å². The number of hydrogen-bond acceptors (Lipinski definition) is 2. The smallest absolute Gasteiger partial charge is 0.188 e. The zero-order chi connectivity index (χ0) is 13.5. The number of nitrogens with two attached hydrogens (primary N) is 1. The summed E-state index contributed by atoms with van der Waals surface area (Å²) in [5.74, 6) is 1.37. The molecule has 2 aliphatic rings. The van der Waals surface area contributed by atoms with Crippen LogP contribution in [0.3, 0.4) is 0 Å². The third-order valence-corrected chi connectivity index (χ3v) is 4.54. The zero-order valence-corrected chi connectivity index (χ0v) is 12.4. The van der Waals surface area contributed by atoms with E-state index in [2.05, 4.69) is 22.1 Å². The molecule has 4 heteroatoms. The van der Waals surface area contributed by atoms with E-state index in [1.54, 1.807) is 0 Å². The number of guanidine groups is 1. The Morgan fingerprint density at radius 2 is 1.95 bits per heavy atom. The molecule has 19 heavy (non-hydrogen) atoms. The number of nitrogens with zero attached hydrogens (tertiary/aromatic N) is 2. The Balaban J connectivity index is 1.70. The van der Waals surface area contributed by atoms with Gasteiger partial charge in [-0.25, -0.2) is 0 Å². The third-order valence-electron chi connectivity index (χ3n) is 4.54. The van der Waals surface area contributed by atoms with Gasteiger partial charge >= 0.3 is 0 Å². The van der Waals surface area contributed by atoms with Crippen LogP contribution in [0.5, 0.6) is 0 Å². The van der Waals surface area contributed by atoms with Crippen molar-refractivity contribution in [2.24, 2.45) is 16.6 Å². The lowest BCUT2D eigenvalue weighted by Crippen LogP contribution is -2.40. The molecule has 2 rings (SSSR count). The predicted octanol–water partition coefficient (Wildman–Crippen LogP) is 1.96. The van der Waals surface area contributed by atoms with Crippen molar-refractivity contribution in [2.45, 2.75) is 57.9 Å². The van der Waals surface area contributed by atoms with Crippen molar-refractivity contribution in [3.63, 3.8) is 0 Å². The molecular formula is C15H30N4. The van der Waals surface area contributed by atoms with Gasteiger partial charge in [0.25, 0.3) is 0 Å². The molecule has 2 fully saturated rings.